The van der Waals surface area contributed by atoms with E-state index in [2.05, 4.69) is 41.2 Å². The number of anilines is 2. The highest BCUT2D eigenvalue weighted by Crippen LogP contribution is 2.23. The van der Waals surface area contributed by atoms with E-state index in [9.17, 15) is 4.79 Å². The molecule has 0 aliphatic heterocycles. The first-order chi connectivity index (χ1) is 14.5. The van der Waals surface area contributed by atoms with Crippen LogP contribution in [0.1, 0.15) is 20.8 Å². The van der Waals surface area contributed by atoms with Crippen molar-refractivity contribution in [3.05, 3.63) is 54.9 Å². The molecular weight excluding hydrogens is 398 g/mol. The Morgan fingerprint density at radius 1 is 1.17 bits per heavy atom. The van der Waals surface area contributed by atoms with E-state index in [4.69, 9.17) is 4.74 Å². The summed E-state index contributed by atoms with van der Waals surface area (Å²) < 4.78 is 7.03. The molecule has 0 saturated heterocycles. The average Bonchev–Trinajstić information content (AvgIpc) is 3.22. The van der Waals surface area contributed by atoms with Gasteiger partial charge in [0.25, 0.3) is 0 Å². The van der Waals surface area contributed by atoms with Crippen molar-refractivity contribution in [2.24, 2.45) is 0 Å². The minimum absolute atomic E-state index is 0.0896. The number of hydrogen-bond acceptors (Lipinski definition) is 6. The molecule has 0 aliphatic carbocycles. The molecule has 0 saturated carbocycles. The van der Waals surface area contributed by atoms with Gasteiger partial charge in [0.1, 0.15) is 12.1 Å². The van der Waals surface area contributed by atoms with Crippen LogP contribution < -0.4 is 15.0 Å². The number of ether oxygens (including phenoxy) is 1. The van der Waals surface area contributed by atoms with Crippen LogP contribution in [-0.4, -0.2) is 46.1 Å². The third kappa shape index (κ3) is 5.33. The van der Waals surface area contributed by atoms with Crippen molar-refractivity contribution >= 4 is 29.0 Å². The maximum atomic E-state index is 12.4. The predicted octanol–water partition coefficient (Wildman–Crippen LogP) is 4.24. The van der Waals surface area contributed by atoms with Crippen molar-refractivity contribution in [3.8, 4) is 11.4 Å². The van der Waals surface area contributed by atoms with Crippen LogP contribution >= 0.6 is 11.8 Å². The monoisotopic (exact) mass is 425 g/mol. The second-order valence-electron chi connectivity index (χ2n) is 6.95. The summed E-state index contributed by atoms with van der Waals surface area (Å²) in [5.41, 5.74) is 2.83. The van der Waals surface area contributed by atoms with Crippen LogP contribution in [0.4, 0.5) is 11.4 Å². The lowest BCUT2D eigenvalue weighted by Crippen LogP contribution is -2.30. The van der Waals surface area contributed by atoms with Gasteiger partial charge in [0, 0.05) is 29.6 Å². The molecule has 0 radical (unpaired) electrons. The number of carbonyl (C=O) groups excluding carboxylic acids is 1. The van der Waals surface area contributed by atoms with E-state index in [-0.39, 0.29) is 11.7 Å². The third-order valence-corrected chi connectivity index (χ3v) is 5.59. The number of nitrogens with zero attached hydrogens (tertiary/aromatic N) is 4. The first kappa shape index (κ1) is 21.7. The summed E-state index contributed by atoms with van der Waals surface area (Å²) in [5.74, 6) is 0.930. The van der Waals surface area contributed by atoms with Gasteiger partial charge in [-0.15, -0.1) is 10.2 Å². The molecular formula is C22H27N5O2S. The first-order valence-electron chi connectivity index (χ1n) is 9.85. The Morgan fingerprint density at radius 2 is 1.87 bits per heavy atom. The van der Waals surface area contributed by atoms with Gasteiger partial charge in [-0.1, -0.05) is 11.8 Å². The lowest BCUT2D eigenvalue weighted by Gasteiger charge is -2.27. The summed E-state index contributed by atoms with van der Waals surface area (Å²) >= 11 is 1.34. The molecule has 0 unspecified atom stereocenters. The fourth-order valence-electron chi connectivity index (χ4n) is 3.15. The molecule has 0 aliphatic rings. The zero-order chi connectivity index (χ0) is 21.5. The Morgan fingerprint density at radius 3 is 2.47 bits per heavy atom. The molecule has 30 heavy (non-hydrogen) atoms. The number of carbonyl (C=O) groups is 1. The molecule has 0 atom stereocenters. The molecule has 0 spiro atoms. The van der Waals surface area contributed by atoms with Gasteiger partial charge >= 0.3 is 0 Å². The number of thioether (sulfide) groups is 1. The van der Waals surface area contributed by atoms with E-state index in [1.165, 1.54) is 11.8 Å². The van der Waals surface area contributed by atoms with E-state index >= 15 is 0 Å². The number of methoxy groups -OCH3 is 1. The van der Waals surface area contributed by atoms with Crippen molar-refractivity contribution in [2.45, 2.75) is 32.0 Å². The van der Waals surface area contributed by atoms with Gasteiger partial charge in [0.2, 0.25) is 5.91 Å². The highest BCUT2D eigenvalue weighted by molar-refractivity contribution is 7.99. The molecule has 1 amide bonds. The average molecular weight is 426 g/mol. The lowest BCUT2D eigenvalue weighted by molar-refractivity contribution is -0.113. The topological polar surface area (TPSA) is 72.3 Å². The van der Waals surface area contributed by atoms with Gasteiger partial charge < -0.3 is 15.0 Å². The number of nitrogens with one attached hydrogen (secondary N) is 1. The Kier molecular flexibility index (Phi) is 7.35. The summed E-state index contributed by atoms with van der Waals surface area (Å²) in [6, 6.07) is 16.0. The number of aromatic nitrogens is 3. The molecule has 1 aromatic heterocycles. The van der Waals surface area contributed by atoms with E-state index in [1.54, 1.807) is 13.4 Å². The molecule has 0 bridgehead atoms. The largest absolute Gasteiger partial charge is 0.497 e. The molecule has 1 heterocycles. The highest BCUT2D eigenvalue weighted by Gasteiger charge is 2.12. The Balaban J connectivity index is 1.58. The third-order valence-electron chi connectivity index (χ3n) is 4.65. The quantitative estimate of drug-likeness (QED) is 0.517. The maximum Gasteiger partial charge on any atom is 0.234 e. The van der Waals surface area contributed by atoms with Gasteiger partial charge in [-0.2, -0.15) is 0 Å². The molecule has 2 aromatic carbocycles. The second-order valence-corrected chi connectivity index (χ2v) is 7.89. The zero-order valence-corrected chi connectivity index (χ0v) is 18.5. The SMILES string of the molecule is CCN(c1ccc(NC(=O)CSc2nncn2-c2ccc(OC)cc2)cc1)C(C)C. The normalized spacial score (nSPS) is 10.8. The van der Waals surface area contributed by atoms with Gasteiger partial charge in [-0.05, 0) is 69.3 Å². The number of benzene rings is 2. The van der Waals surface area contributed by atoms with Crippen LogP contribution in [0, 0.1) is 0 Å². The summed E-state index contributed by atoms with van der Waals surface area (Å²) in [6.07, 6.45) is 1.63. The summed E-state index contributed by atoms with van der Waals surface area (Å²) in [7, 11) is 1.63. The van der Waals surface area contributed by atoms with Gasteiger partial charge in [0.15, 0.2) is 5.16 Å². The zero-order valence-electron chi connectivity index (χ0n) is 17.7. The van der Waals surface area contributed by atoms with Crippen molar-refractivity contribution < 1.29 is 9.53 Å². The smallest absolute Gasteiger partial charge is 0.234 e. The molecule has 3 rings (SSSR count). The molecule has 3 aromatic rings. The van der Waals surface area contributed by atoms with Crippen LogP contribution in [0.5, 0.6) is 5.75 Å². The van der Waals surface area contributed by atoms with Crippen LogP contribution in [0.3, 0.4) is 0 Å². The Bertz CT molecular complexity index is 954. The molecule has 8 heteroatoms. The van der Waals surface area contributed by atoms with Crippen LogP contribution in [-0.2, 0) is 4.79 Å². The maximum absolute atomic E-state index is 12.4. The Hall–Kier alpha value is -3.00. The van der Waals surface area contributed by atoms with E-state index in [1.807, 2.05) is 53.1 Å². The lowest BCUT2D eigenvalue weighted by atomic mass is 10.2. The van der Waals surface area contributed by atoms with Crippen molar-refractivity contribution in [1.29, 1.82) is 0 Å². The molecule has 0 fully saturated rings. The predicted molar refractivity (Wildman–Crippen MR) is 122 cm³/mol. The molecule has 7 nitrogen and oxygen atoms in total. The first-order valence-corrected chi connectivity index (χ1v) is 10.8. The van der Waals surface area contributed by atoms with Crippen LogP contribution in [0.2, 0.25) is 0 Å². The Labute approximate surface area is 181 Å². The fourth-order valence-corrected chi connectivity index (χ4v) is 3.88. The van der Waals surface area contributed by atoms with Crippen molar-refractivity contribution in [3.63, 3.8) is 0 Å². The highest BCUT2D eigenvalue weighted by atomic mass is 32.2. The summed E-state index contributed by atoms with van der Waals surface area (Å²) in [4.78, 5) is 14.7. The fraction of sp³-hybridized carbons (Fsp3) is 0.318. The summed E-state index contributed by atoms with van der Waals surface area (Å²) in [5, 5.41) is 11.7. The molecule has 1 N–H and O–H groups in total. The van der Waals surface area contributed by atoms with Crippen molar-refractivity contribution in [1.82, 2.24) is 14.8 Å². The number of rotatable bonds is 9. The number of hydrogen-bond donors (Lipinski definition) is 1. The molecule has 158 valence electrons. The second kappa shape index (κ2) is 10.2. The summed E-state index contributed by atoms with van der Waals surface area (Å²) in [6.45, 7) is 7.41. The van der Waals surface area contributed by atoms with E-state index < -0.39 is 0 Å². The van der Waals surface area contributed by atoms with Gasteiger partial charge in [0.05, 0.1) is 12.9 Å². The van der Waals surface area contributed by atoms with E-state index in [0.29, 0.717) is 11.2 Å². The van der Waals surface area contributed by atoms with Crippen molar-refractivity contribution in [2.75, 3.05) is 29.6 Å². The minimum Gasteiger partial charge on any atom is -0.497 e. The standard InChI is InChI=1S/C22H27N5O2S/c1-5-26(16(2)3)18-8-6-17(7-9-18)24-21(28)14-30-22-25-23-15-27(22)19-10-12-20(29-4)13-11-19/h6-13,15-16H,5,14H2,1-4H3,(H,24,28). The van der Waals surface area contributed by atoms with Crippen LogP contribution in [0.15, 0.2) is 60.0 Å². The minimum atomic E-state index is -0.0896. The van der Waals surface area contributed by atoms with Gasteiger partial charge in [-0.3, -0.25) is 9.36 Å². The van der Waals surface area contributed by atoms with Gasteiger partial charge in [-0.25, -0.2) is 0 Å². The van der Waals surface area contributed by atoms with Crippen LogP contribution in [0.25, 0.3) is 5.69 Å². The number of amides is 1. The van der Waals surface area contributed by atoms with E-state index in [0.717, 1.165) is 29.4 Å².